The quantitative estimate of drug-likeness (QED) is 0.479. The van der Waals surface area contributed by atoms with Gasteiger partial charge in [-0.05, 0) is 12.1 Å². The van der Waals surface area contributed by atoms with Gasteiger partial charge < -0.3 is 25.4 Å². The number of carboxylic acids is 2. The third kappa shape index (κ3) is 5.63. The molecule has 0 bridgehead atoms. The van der Waals surface area contributed by atoms with Crippen LogP contribution in [0.2, 0.25) is 0 Å². The van der Waals surface area contributed by atoms with E-state index in [0.717, 1.165) is 0 Å². The van der Waals surface area contributed by atoms with Crippen LogP contribution < -0.4 is 11.1 Å². The Morgan fingerprint density at radius 3 is 2.26 bits per heavy atom. The molecule has 1 aromatic rings. The summed E-state index contributed by atoms with van der Waals surface area (Å²) in [5, 5.41) is 19.7. The standard InChI is InChI=1S/C13H14N2O8/c14-9(11(17)18)5-22-13(21)15-8-3-1-7(2-4-8)10(12(19)20)23-6-16/h1-4,6,9-10H,5,14H2,(H,15,21)(H,17,18)(H,19,20)/t9-,10?/m1/s1. The molecule has 1 amide bonds. The van der Waals surface area contributed by atoms with Crippen LogP contribution in [0.15, 0.2) is 24.3 Å². The molecular weight excluding hydrogens is 312 g/mol. The van der Waals surface area contributed by atoms with E-state index in [9.17, 15) is 19.2 Å². The molecule has 1 rings (SSSR count). The Bertz CT molecular complexity index is 586. The van der Waals surface area contributed by atoms with Crippen molar-refractivity contribution < 1.29 is 38.9 Å². The van der Waals surface area contributed by atoms with Crippen LogP contribution >= 0.6 is 0 Å². The molecule has 10 heteroatoms. The minimum Gasteiger partial charge on any atom is -0.480 e. The maximum atomic E-state index is 11.4. The predicted octanol–water partition coefficient (Wildman–Crippen LogP) is -0.0543. The van der Waals surface area contributed by atoms with Gasteiger partial charge in [0.15, 0.2) is 0 Å². The maximum absolute atomic E-state index is 11.4. The normalized spacial score (nSPS) is 12.6. The molecule has 0 aliphatic heterocycles. The number of amides is 1. The summed E-state index contributed by atoms with van der Waals surface area (Å²) in [5.74, 6) is -2.66. The third-order valence-electron chi connectivity index (χ3n) is 2.59. The Balaban J connectivity index is 2.63. The van der Waals surface area contributed by atoms with E-state index < -0.39 is 36.8 Å². The van der Waals surface area contributed by atoms with Crippen molar-refractivity contribution in [3.8, 4) is 0 Å². The van der Waals surface area contributed by atoms with Crippen molar-refractivity contribution in [3.05, 3.63) is 29.8 Å². The first-order valence-electron chi connectivity index (χ1n) is 6.19. The fourth-order valence-electron chi connectivity index (χ4n) is 1.47. The molecule has 0 spiro atoms. The molecule has 0 saturated carbocycles. The lowest BCUT2D eigenvalue weighted by atomic mass is 10.1. The van der Waals surface area contributed by atoms with E-state index in [-0.39, 0.29) is 17.7 Å². The first kappa shape index (κ1) is 17.9. The average molecular weight is 326 g/mol. The van der Waals surface area contributed by atoms with Gasteiger partial charge >= 0.3 is 18.0 Å². The van der Waals surface area contributed by atoms with Gasteiger partial charge in [0.2, 0.25) is 6.10 Å². The summed E-state index contributed by atoms with van der Waals surface area (Å²) >= 11 is 0. The van der Waals surface area contributed by atoms with Gasteiger partial charge in [0.05, 0.1) is 0 Å². The number of carboxylic acid groups (broad SMARTS) is 2. The summed E-state index contributed by atoms with van der Waals surface area (Å²) in [5.41, 5.74) is 5.62. The smallest absolute Gasteiger partial charge is 0.411 e. The van der Waals surface area contributed by atoms with Crippen LogP contribution in [0, 0.1) is 0 Å². The highest BCUT2D eigenvalue weighted by atomic mass is 16.6. The van der Waals surface area contributed by atoms with E-state index in [0.29, 0.717) is 0 Å². The lowest BCUT2D eigenvalue weighted by molar-refractivity contribution is -0.156. The molecule has 124 valence electrons. The first-order chi connectivity index (χ1) is 10.8. The topological polar surface area (TPSA) is 165 Å². The average Bonchev–Trinajstić information content (AvgIpc) is 2.50. The fraction of sp³-hybridized carbons (Fsp3) is 0.231. The van der Waals surface area contributed by atoms with Crippen LogP contribution in [0.3, 0.4) is 0 Å². The highest BCUT2D eigenvalue weighted by molar-refractivity contribution is 5.85. The lowest BCUT2D eigenvalue weighted by Gasteiger charge is -2.12. The minimum absolute atomic E-state index is 0.0218. The Kier molecular flexibility index (Phi) is 6.49. The number of benzene rings is 1. The van der Waals surface area contributed by atoms with Gasteiger partial charge in [-0.1, -0.05) is 12.1 Å². The van der Waals surface area contributed by atoms with E-state index in [1.54, 1.807) is 0 Å². The summed E-state index contributed by atoms with van der Waals surface area (Å²) < 4.78 is 9.04. The van der Waals surface area contributed by atoms with E-state index >= 15 is 0 Å². The summed E-state index contributed by atoms with van der Waals surface area (Å²) in [7, 11) is 0. The Labute approximate surface area is 129 Å². The van der Waals surface area contributed by atoms with Gasteiger partial charge in [0.25, 0.3) is 6.47 Å². The molecule has 0 aliphatic carbocycles. The van der Waals surface area contributed by atoms with Gasteiger partial charge in [-0.15, -0.1) is 0 Å². The molecule has 2 atom stereocenters. The van der Waals surface area contributed by atoms with Gasteiger partial charge in [0.1, 0.15) is 12.6 Å². The number of aliphatic carboxylic acids is 2. The number of anilines is 1. The summed E-state index contributed by atoms with van der Waals surface area (Å²) in [6, 6.07) is 4.05. The van der Waals surface area contributed by atoms with Crippen LogP contribution in [0.4, 0.5) is 10.5 Å². The second-order valence-electron chi connectivity index (χ2n) is 4.24. The Morgan fingerprint density at radius 2 is 1.78 bits per heavy atom. The van der Waals surface area contributed by atoms with Crippen molar-refractivity contribution in [1.82, 2.24) is 0 Å². The highest BCUT2D eigenvalue weighted by Gasteiger charge is 2.21. The van der Waals surface area contributed by atoms with E-state index in [4.69, 9.17) is 15.9 Å². The Hall–Kier alpha value is -3.14. The summed E-state index contributed by atoms with van der Waals surface area (Å²) in [4.78, 5) is 43.1. The van der Waals surface area contributed by atoms with Crippen molar-refractivity contribution in [2.45, 2.75) is 12.1 Å². The molecule has 1 aromatic carbocycles. The number of nitrogens with two attached hydrogens (primary N) is 1. The van der Waals surface area contributed by atoms with Gasteiger partial charge in [0, 0.05) is 11.3 Å². The second-order valence-corrected chi connectivity index (χ2v) is 4.24. The largest absolute Gasteiger partial charge is 0.480 e. The number of carbonyl (C=O) groups is 4. The zero-order valence-electron chi connectivity index (χ0n) is 11.7. The van der Waals surface area contributed by atoms with Crippen LogP contribution in [-0.4, -0.2) is 47.4 Å². The van der Waals surface area contributed by atoms with Crippen molar-refractivity contribution in [2.24, 2.45) is 5.73 Å². The van der Waals surface area contributed by atoms with E-state index in [2.05, 4.69) is 14.8 Å². The van der Waals surface area contributed by atoms with Crippen LogP contribution in [0.1, 0.15) is 11.7 Å². The van der Waals surface area contributed by atoms with Crippen molar-refractivity contribution in [2.75, 3.05) is 11.9 Å². The summed E-state index contributed by atoms with van der Waals surface area (Å²) in [6.07, 6.45) is -2.38. The number of hydrogen-bond donors (Lipinski definition) is 4. The fourth-order valence-corrected chi connectivity index (χ4v) is 1.47. The molecule has 0 aromatic heterocycles. The second kappa shape index (κ2) is 8.34. The molecule has 0 fully saturated rings. The molecule has 0 saturated heterocycles. The van der Waals surface area contributed by atoms with E-state index in [1.165, 1.54) is 24.3 Å². The number of ether oxygens (including phenoxy) is 2. The van der Waals surface area contributed by atoms with Crippen LogP contribution in [0.25, 0.3) is 0 Å². The van der Waals surface area contributed by atoms with Gasteiger partial charge in [-0.2, -0.15) is 0 Å². The van der Waals surface area contributed by atoms with Crippen molar-refractivity contribution in [3.63, 3.8) is 0 Å². The Morgan fingerprint density at radius 1 is 1.17 bits per heavy atom. The summed E-state index contributed by atoms with van der Waals surface area (Å²) in [6.45, 7) is -0.485. The third-order valence-corrected chi connectivity index (χ3v) is 2.59. The highest BCUT2D eigenvalue weighted by Crippen LogP contribution is 2.19. The molecule has 5 N–H and O–H groups in total. The van der Waals surface area contributed by atoms with Gasteiger partial charge in [-0.3, -0.25) is 14.9 Å². The van der Waals surface area contributed by atoms with Crippen LogP contribution in [0.5, 0.6) is 0 Å². The zero-order chi connectivity index (χ0) is 17.4. The molecule has 0 aliphatic rings. The monoisotopic (exact) mass is 326 g/mol. The molecule has 0 radical (unpaired) electrons. The first-order valence-corrected chi connectivity index (χ1v) is 6.19. The molecular formula is C13H14N2O8. The van der Waals surface area contributed by atoms with Crippen molar-refractivity contribution in [1.29, 1.82) is 0 Å². The number of carbonyl (C=O) groups excluding carboxylic acids is 2. The minimum atomic E-state index is -1.46. The number of nitrogens with one attached hydrogen (secondary N) is 1. The molecule has 23 heavy (non-hydrogen) atoms. The molecule has 1 unspecified atom stereocenters. The molecule has 10 nitrogen and oxygen atoms in total. The maximum Gasteiger partial charge on any atom is 0.411 e. The van der Waals surface area contributed by atoms with E-state index in [1.807, 2.05) is 0 Å². The SMILES string of the molecule is N[C@H](COC(=O)Nc1ccc(C(OC=O)C(=O)O)cc1)C(=O)O. The number of hydrogen-bond acceptors (Lipinski definition) is 7. The number of rotatable bonds is 8. The van der Waals surface area contributed by atoms with Crippen molar-refractivity contribution >= 4 is 30.2 Å². The molecule has 0 heterocycles. The predicted molar refractivity (Wildman–Crippen MR) is 74.5 cm³/mol. The zero-order valence-corrected chi connectivity index (χ0v) is 11.7. The van der Waals surface area contributed by atoms with Crippen LogP contribution in [-0.2, 0) is 23.9 Å². The van der Waals surface area contributed by atoms with Gasteiger partial charge in [-0.25, -0.2) is 9.59 Å². The lowest BCUT2D eigenvalue weighted by Crippen LogP contribution is -2.36.